The predicted octanol–water partition coefficient (Wildman–Crippen LogP) is 1.81. The molecule has 0 aliphatic heterocycles. The van der Waals surface area contributed by atoms with Gasteiger partial charge in [-0.05, 0) is 24.6 Å². The minimum atomic E-state index is -0.606. The van der Waals surface area contributed by atoms with Crippen molar-refractivity contribution in [3.63, 3.8) is 0 Å². The van der Waals surface area contributed by atoms with Crippen molar-refractivity contribution in [1.82, 2.24) is 4.90 Å². The van der Waals surface area contributed by atoms with Crippen LogP contribution in [0, 0.1) is 17.2 Å². The molecule has 0 spiro atoms. The number of carbonyl (C=O) groups excluding carboxylic acids is 1. The second-order valence-corrected chi connectivity index (χ2v) is 3.90. The van der Waals surface area contributed by atoms with E-state index in [2.05, 4.69) is 0 Å². The molecule has 0 N–H and O–H groups in total. The number of benzene rings is 1. The second-order valence-electron chi connectivity index (χ2n) is 3.90. The van der Waals surface area contributed by atoms with Gasteiger partial charge in [-0.25, -0.2) is 0 Å². The zero-order valence-corrected chi connectivity index (χ0v) is 10.3. The van der Waals surface area contributed by atoms with Gasteiger partial charge in [0.2, 0.25) is 5.91 Å². The Kier molecular flexibility index (Phi) is 4.53. The molecule has 0 radical (unpaired) electrons. The van der Waals surface area contributed by atoms with Gasteiger partial charge in [-0.1, -0.05) is 12.1 Å². The third-order valence-electron chi connectivity index (χ3n) is 2.49. The highest BCUT2D eigenvalue weighted by Gasteiger charge is 2.16. The molecule has 1 rings (SSSR count). The molecular weight excluding hydrogens is 216 g/mol. The summed E-state index contributed by atoms with van der Waals surface area (Å²) in [5.74, 6) is -0.0161. The van der Waals surface area contributed by atoms with Crippen LogP contribution in [-0.4, -0.2) is 25.0 Å². The van der Waals surface area contributed by atoms with Crippen molar-refractivity contribution in [2.75, 3.05) is 14.2 Å². The van der Waals surface area contributed by atoms with E-state index < -0.39 is 5.92 Å². The largest absolute Gasteiger partial charge is 0.497 e. The first-order valence-corrected chi connectivity index (χ1v) is 5.36. The maximum absolute atomic E-state index is 11.7. The van der Waals surface area contributed by atoms with E-state index in [4.69, 9.17) is 10.00 Å². The minimum Gasteiger partial charge on any atom is -0.497 e. The van der Waals surface area contributed by atoms with Gasteiger partial charge in [0.05, 0.1) is 13.2 Å². The minimum absolute atomic E-state index is 0.171. The van der Waals surface area contributed by atoms with Crippen LogP contribution in [0.2, 0.25) is 0 Å². The van der Waals surface area contributed by atoms with Crippen LogP contribution in [0.5, 0.6) is 5.75 Å². The predicted molar refractivity (Wildman–Crippen MR) is 64.2 cm³/mol. The topological polar surface area (TPSA) is 53.3 Å². The summed E-state index contributed by atoms with van der Waals surface area (Å²) in [4.78, 5) is 13.2. The van der Waals surface area contributed by atoms with E-state index in [0.717, 1.165) is 11.3 Å². The van der Waals surface area contributed by atoms with Crippen molar-refractivity contribution in [2.24, 2.45) is 5.92 Å². The molecule has 1 aromatic rings. The van der Waals surface area contributed by atoms with E-state index in [1.54, 1.807) is 26.0 Å². The molecule has 17 heavy (non-hydrogen) atoms. The number of ether oxygens (including phenoxy) is 1. The highest BCUT2D eigenvalue weighted by atomic mass is 16.5. The van der Waals surface area contributed by atoms with E-state index >= 15 is 0 Å². The number of nitriles is 1. The Morgan fingerprint density at radius 2 is 2.29 bits per heavy atom. The molecule has 90 valence electrons. The fourth-order valence-electron chi connectivity index (χ4n) is 1.51. The molecule has 0 heterocycles. The van der Waals surface area contributed by atoms with Gasteiger partial charge < -0.3 is 9.64 Å². The smallest absolute Gasteiger partial charge is 0.239 e. The molecule has 0 aromatic heterocycles. The Labute approximate surface area is 101 Å². The monoisotopic (exact) mass is 232 g/mol. The Hall–Kier alpha value is -2.02. The van der Waals surface area contributed by atoms with Gasteiger partial charge in [0.1, 0.15) is 11.7 Å². The first-order chi connectivity index (χ1) is 8.08. The number of methoxy groups -OCH3 is 1. The van der Waals surface area contributed by atoms with Crippen LogP contribution >= 0.6 is 0 Å². The van der Waals surface area contributed by atoms with E-state index in [9.17, 15) is 4.79 Å². The van der Waals surface area contributed by atoms with Gasteiger partial charge in [0, 0.05) is 13.6 Å². The summed E-state index contributed by atoms with van der Waals surface area (Å²) in [6.07, 6.45) is 0. The average molecular weight is 232 g/mol. The summed E-state index contributed by atoms with van der Waals surface area (Å²) in [6, 6.07) is 9.46. The van der Waals surface area contributed by atoms with Crippen LogP contribution < -0.4 is 4.74 Å². The van der Waals surface area contributed by atoms with Gasteiger partial charge in [0.25, 0.3) is 0 Å². The molecule has 0 saturated carbocycles. The van der Waals surface area contributed by atoms with E-state index in [0.29, 0.717) is 6.54 Å². The second kappa shape index (κ2) is 5.90. The molecule has 1 aromatic carbocycles. The normalized spacial score (nSPS) is 11.4. The van der Waals surface area contributed by atoms with Crippen LogP contribution in [0.4, 0.5) is 0 Å². The standard InChI is InChI=1S/C13H16N2O2/c1-10(8-14)13(16)15(2)9-11-5-4-6-12(7-11)17-3/h4-7,10H,9H2,1-3H3. The zero-order valence-electron chi connectivity index (χ0n) is 10.3. The van der Waals surface area contributed by atoms with Gasteiger partial charge in [0.15, 0.2) is 0 Å². The Morgan fingerprint density at radius 3 is 2.88 bits per heavy atom. The zero-order chi connectivity index (χ0) is 12.8. The summed E-state index contributed by atoms with van der Waals surface area (Å²) in [5.41, 5.74) is 0.977. The maximum atomic E-state index is 11.7. The quantitative estimate of drug-likeness (QED) is 0.795. The van der Waals surface area contributed by atoms with Crippen molar-refractivity contribution in [1.29, 1.82) is 5.26 Å². The maximum Gasteiger partial charge on any atom is 0.239 e. The number of rotatable bonds is 4. The molecule has 1 amide bonds. The lowest BCUT2D eigenvalue weighted by Crippen LogP contribution is -2.30. The number of hydrogen-bond acceptors (Lipinski definition) is 3. The Morgan fingerprint density at radius 1 is 1.59 bits per heavy atom. The summed E-state index contributed by atoms with van der Waals surface area (Å²) < 4.78 is 5.11. The van der Waals surface area contributed by atoms with Gasteiger partial charge in [-0.2, -0.15) is 5.26 Å². The first-order valence-electron chi connectivity index (χ1n) is 5.36. The SMILES string of the molecule is COc1cccc(CN(C)C(=O)C(C)C#N)c1. The highest BCUT2D eigenvalue weighted by molar-refractivity contribution is 5.80. The van der Waals surface area contributed by atoms with Crippen LogP contribution in [0.3, 0.4) is 0 Å². The number of nitrogens with zero attached hydrogens (tertiary/aromatic N) is 2. The fourth-order valence-corrected chi connectivity index (χ4v) is 1.51. The average Bonchev–Trinajstić information content (AvgIpc) is 2.37. The summed E-state index contributed by atoms with van der Waals surface area (Å²) in [5, 5.41) is 8.68. The highest BCUT2D eigenvalue weighted by Crippen LogP contribution is 2.14. The van der Waals surface area contributed by atoms with Crippen molar-refractivity contribution in [3.8, 4) is 11.8 Å². The van der Waals surface area contributed by atoms with E-state index in [-0.39, 0.29) is 5.91 Å². The molecule has 1 atom stereocenters. The summed E-state index contributed by atoms with van der Waals surface area (Å²) in [6.45, 7) is 2.08. The van der Waals surface area contributed by atoms with Gasteiger partial charge in [-0.3, -0.25) is 4.79 Å². The molecule has 0 aliphatic rings. The molecular formula is C13H16N2O2. The molecule has 0 saturated heterocycles. The summed E-state index contributed by atoms with van der Waals surface area (Å²) >= 11 is 0. The molecule has 0 bridgehead atoms. The van der Waals surface area contributed by atoms with E-state index in [1.165, 1.54) is 0 Å². The van der Waals surface area contributed by atoms with Crippen molar-refractivity contribution in [3.05, 3.63) is 29.8 Å². The lowest BCUT2D eigenvalue weighted by molar-refractivity contribution is -0.132. The van der Waals surface area contributed by atoms with Gasteiger partial charge in [-0.15, -0.1) is 0 Å². The van der Waals surface area contributed by atoms with E-state index in [1.807, 2.05) is 30.3 Å². The van der Waals surface area contributed by atoms with Gasteiger partial charge >= 0.3 is 0 Å². The molecule has 0 fully saturated rings. The third kappa shape index (κ3) is 3.49. The lowest BCUT2D eigenvalue weighted by atomic mass is 10.1. The molecule has 4 nitrogen and oxygen atoms in total. The van der Waals surface area contributed by atoms with Crippen LogP contribution in [0.15, 0.2) is 24.3 Å². The molecule has 4 heteroatoms. The van der Waals surface area contributed by atoms with Crippen LogP contribution in [0.25, 0.3) is 0 Å². The van der Waals surface area contributed by atoms with Crippen LogP contribution in [-0.2, 0) is 11.3 Å². The first kappa shape index (κ1) is 13.0. The lowest BCUT2D eigenvalue weighted by Gasteiger charge is -2.18. The van der Waals surface area contributed by atoms with Crippen molar-refractivity contribution in [2.45, 2.75) is 13.5 Å². The number of amides is 1. The van der Waals surface area contributed by atoms with Crippen molar-refractivity contribution >= 4 is 5.91 Å². The molecule has 0 aliphatic carbocycles. The molecule has 1 unspecified atom stereocenters. The summed E-state index contributed by atoms with van der Waals surface area (Å²) in [7, 11) is 3.29. The van der Waals surface area contributed by atoms with Crippen LogP contribution in [0.1, 0.15) is 12.5 Å². The fraction of sp³-hybridized carbons (Fsp3) is 0.385. The number of carbonyl (C=O) groups is 1. The number of hydrogen-bond donors (Lipinski definition) is 0. The third-order valence-corrected chi connectivity index (χ3v) is 2.49. The Balaban J connectivity index is 2.71. The Bertz CT molecular complexity index is 437. The van der Waals surface area contributed by atoms with Crippen molar-refractivity contribution < 1.29 is 9.53 Å².